The second kappa shape index (κ2) is 5.80. The van der Waals surface area contributed by atoms with E-state index in [2.05, 4.69) is 46.3 Å². The van der Waals surface area contributed by atoms with Crippen LogP contribution >= 0.6 is 27.5 Å². The Hall–Kier alpha value is -1.35. The van der Waals surface area contributed by atoms with Gasteiger partial charge in [0.05, 0.1) is 6.04 Å². The fraction of sp³-hybridized carbons (Fsp3) is 0.111. The highest BCUT2D eigenvalue weighted by Crippen LogP contribution is 2.32. The highest BCUT2D eigenvalue weighted by molar-refractivity contribution is 9.10. The molecule has 0 spiro atoms. The summed E-state index contributed by atoms with van der Waals surface area (Å²) in [6.45, 7) is 2.00. The van der Waals surface area contributed by atoms with Crippen LogP contribution in [0.25, 0.3) is 10.8 Å². The zero-order valence-electron chi connectivity index (χ0n) is 11.6. The molecule has 0 saturated heterocycles. The molecule has 3 aromatic carbocycles. The Morgan fingerprint density at radius 2 is 1.71 bits per heavy atom. The molecule has 1 nitrogen and oxygen atoms in total. The zero-order valence-corrected chi connectivity index (χ0v) is 13.9. The van der Waals surface area contributed by atoms with Crippen molar-refractivity contribution in [1.82, 2.24) is 0 Å². The third kappa shape index (κ3) is 2.71. The monoisotopic (exact) mass is 359 g/mol. The van der Waals surface area contributed by atoms with Crippen molar-refractivity contribution in [2.24, 2.45) is 5.73 Å². The van der Waals surface area contributed by atoms with E-state index in [4.69, 9.17) is 17.3 Å². The quantitative estimate of drug-likeness (QED) is 0.631. The smallest absolute Gasteiger partial charge is 0.0557 e. The van der Waals surface area contributed by atoms with E-state index >= 15 is 0 Å². The van der Waals surface area contributed by atoms with E-state index in [0.29, 0.717) is 0 Å². The van der Waals surface area contributed by atoms with Crippen molar-refractivity contribution in [2.75, 3.05) is 0 Å². The molecule has 0 radical (unpaired) electrons. The van der Waals surface area contributed by atoms with E-state index in [0.717, 1.165) is 26.2 Å². The lowest BCUT2D eigenvalue weighted by atomic mass is 9.94. The number of hydrogen-bond donors (Lipinski definition) is 1. The van der Waals surface area contributed by atoms with Crippen LogP contribution in [0.4, 0.5) is 0 Å². The highest BCUT2D eigenvalue weighted by Gasteiger charge is 2.14. The van der Waals surface area contributed by atoms with Gasteiger partial charge in [-0.15, -0.1) is 0 Å². The number of hydrogen-bond acceptors (Lipinski definition) is 1. The number of nitrogens with two attached hydrogens (primary N) is 1. The molecule has 1 atom stereocenters. The third-order valence-electron chi connectivity index (χ3n) is 3.78. The van der Waals surface area contributed by atoms with Crippen molar-refractivity contribution in [3.63, 3.8) is 0 Å². The van der Waals surface area contributed by atoms with Crippen LogP contribution in [0.5, 0.6) is 0 Å². The van der Waals surface area contributed by atoms with Crippen molar-refractivity contribution < 1.29 is 0 Å². The molecular formula is C18H15BrClN. The lowest BCUT2D eigenvalue weighted by molar-refractivity contribution is 0.879. The van der Waals surface area contributed by atoms with Gasteiger partial charge in [0.25, 0.3) is 0 Å². The third-order valence-corrected chi connectivity index (χ3v) is 4.90. The van der Waals surface area contributed by atoms with Gasteiger partial charge in [-0.1, -0.05) is 70.0 Å². The number of fused-ring (bicyclic) bond motifs is 1. The first-order valence-corrected chi connectivity index (χ1v) is 7.94. The summed E-state index contributed by atoms with van der Waals surface area (Å²) in [6, 6.07) is 18.2. The zero-order chi connectivity index (χ0) is 15.0. The van der Waals surface area contributed by atoms with Gasteiger partial charge in [0.1, 0.15) is 0 Å². The molecule has 0 aromatic heterocycles. The summed E-state index contributed by atoms with van der Waals surface area (Å²) in [7, 11) is 0. The van der Waals surface area contributed by atoms with E-state index in [1.165, 1.54) is 10.8 Å². The summed E-state index contributed by atoms with van der Waals surface area (Å²) < 4.78 is 1.08. The Morgan fingerprint density at radius 1 is 1.00 bits per heavy atom. The molecule has 0 bridgehead atoms. The lowest BCUT2D eigenvalue weighted by Gasteiger charge is -2.17. The molecule has 3 heteroatoms. The molecule has 2 N–H and O–H groups in total. The molecular weight excluding hydrogens is 346 g/mol. The summed E-state index contributed by atoms with van der Waals surface area (Å²) in [4.78, 5) is 0. The van der Waals surface area contributed by atoms with Crippen LogP contribution in [0.2, 0.25) is 5.02 Å². The van der Waals surface area contributed by atoms with Crippen LogP contribution in [0.3, 0.4) is 0 Å². The average molecular weight is 361 g/mol. The van der Waals surface area contributed by atoms with Crippen LogP contribution in [0.15, 0.2) is 59.1 Å². The van der Waals surface area contributed by atoms with Crippen LogP contribution in [0, 0.1) is 6.92 Å². The van der Waals surface area contributed by atoms with Gasteiger partial charge in [-0.2, -0.15) is 0 Å². The van der Waals surface area contributed by atoms with Gasteiger partial charge in [0, 0.05) is 9.50 Å². The minimum absolute atomic E-state index is 0.168. The van der Waals surface area contributed by atoms with Gasteiger partial charge < -0.3 is 5.73 Å². The maximum Gasteiger partial charge on any atom is 0.0557 e. The van der Waals surface area contributed by atoms with E-state index in [1.807, 2.05) is 31.2 Å². The van der Waals surface area contributed by atoms with Crippen LogP contribution in [-0.2, 0) is 0 Å². The Balaban J connectivity index is 2.15. The molecule has 0 aliphatic rings. The molecule has 0 fully saturated rings. The molecule has 0 saturated carbocycles. The van der Waals surface area contributed by atoms with Crippen molar-refractivity contribution in [3.05, 3.63) is 80.8 Å². The number of rotatable bonds is 2. The average Bonchev–Trinajstić information content (AvgIpc) is 2.50. The minimum atomic E-state index is -0.168. The molecule has 0 aliphatic carbocycles. The molecule has 0 aliphatic heterocycles. The molecule has 0 amide bonds. The topological polar surface area (TPSA) is 26.0 Å². The SMILES string of the molecule is Cc1cc(C(N)c2ccc(Br)c3ccccc23)ccc1Cl. The normalized spacial score (nSPS) is 12.6. The fourth-order valence-electron chi connectivity index (χ4n) is 2.60. The van der Waals surface area contributed by atoms with Crippen molar-refractivity contribution in [2.45, 2.75) is 13.0 Å². The van der Waals surface area contributed by atoms with Crippen LogP contribution in [0.1, 0.15) is 22.7 Å². The summed E-state index contributed by atoms with van der Waals surface area (Å²) in [5, 5.41) is 3.12. The molecule has 106 valence electrons. The summed E-state index contributed by atoms with van der Waals surface area (Å²) in [5.41, 5.74) is 9.73. The highest BCUT2D eigenvalue weighted by atomic mass is 79.9. The van der Waals surface area contributed by atoms with E-state index in [-0.39, 0.29) is 6.04 Å². The summed E-state index contributed by atoms with van der Waals surface area (Å²) in [6.07, 6.45) is 0. The number of benzene rings is 3. The maximum absolute atomic E-state index is 6.49. The van der Waals surface area contributed by atoms with E-state index < -0.39 is 0 Å². The molecule has 0 heterocycles. The van der Waals surface area contributed by atoms with Gasteiger partial charge in [0.15, 0.2) is 0 Å². The molecule has 21 heavy (non-hydrogen) atoms. The second-order valence-corrected chi connectivity index (χ2v) is 6.43. The summed E-state index contributed by atoms with van der Waals surface area (Å²) >= 11 is 9.70. The first-order chi connectivity index (χ1) is 10.1. The van der Waals surface area contributed by atoms with Crippen molar-refractivity contribution in [1.29, 1.82) is 0 Å². The molecule has 1 unspecified atom stereocenters. The Labute approximate surface area is 137 Å². The predicted octanol–water partition coefficient (Wildman–Crippen LogP) is 5.61. The van der Waals surface area contributed by atoms with E-state index in [1.54, 1.807) is 0 Å². The largest absolute Gasteiger partial charge is 0.320 e. The lowest BCUT2D eigenvalue weighted by Crippen LogP contribution is -2.12. The predicted molar refractivity (Wildman–Crippen MR) is 93.9 cm³/mol. The van der Waals surface area contributed by atoms with Crippen LogP contribution in [-0.4, -0.2) is 0 Å². The van der Waals surface area contributed by atoms with Crippen molar-refractivity contribution >= 4 is 38.3 Å². The molecule has 3 aromatic rings. The number of halogens is 2. The summed E-state index contributed by atoms with van der Waals surface area (Å²) in [5.74, 6) is 0. The second-order valence-electron chi connectivity index (χ2n) is 5.17. The van der Waals surface area contributed by atoms with Gasteiger partial charge >= 0.3 is 0 Å². The first kappa shape index (κ1) is 14.6. The standard InChI is InChI=1S/C18H15BrClN/c1-11-10-12(6-9-17(11)20)18(21)15-7-8-16(19)14-5-3-2-4-13(14)15/h2-10,18H,21H2,1H3. The van der Waals surface area contributed by atoms with Gasteiger partial charge in [-0.3, -0.25) is 0 Å². The Morgan fingerprint density at radius 3 is 2.43 bits per heavy atom. The fourth-order valence-corrected chi connectivity index (χ4v) is 3.19. The van der Waals surface area contributed by atoms with Gasteiger partial charge in [-0.05, 0) is 46.5 Å². The maximum atomic E-state index is 6.49. The Bertz CT molecular complexity index is 813. The van der Waals surface area contributed by atoms with E-state index in [9.17, 15) is 0 Å². The van der Waals surface area contributed by atoms with Gasteiger partial charge in [-0.25, -0.2) is 0 Å². The molecule has 3 rings (SSSR count). The van der Waals surface area contributed by atoms with Gasteiger partial charge in [0.2, 0.25) is 0 Å². The van der Waals surface area contributed by atoms with Crippen LogP contribution < -0.4 is 5.73 Å². The number of aryl methyl sites for hydroxylation is 1. The van der Waals surface area contributed by atoms with Crippen molar-refractivity contribution in [3.8, 4) is 0 Å². The first-order valence-electron chi connectivity index (χ1n) is 6.76. The minimum Gasteiger partial charge on any atom is -0.320 e. The Kier molecular flexibility index (Phi) is 4.03.